The number of fused-ring (bicyclic) bond motifs is 1. The van der Waals surface area contributed by atoms with Gasteiger partial charge in [0.1, 0.15) is 11.9 Å². The van der Waals surface area contributed by atoms with E-state index in [9.17, 15) is 0 Å². The van der Waals surface area contributed by atoms with Crippen molar-refractivity contribution in [3.8, 4) is 5.75 Å². The molecule has 1 N–H and O–H groups in total. The zero-order valence-corrected chi connectivity index (χ0v) is 12.4. The van der Waals surface area contributed by atoms with E-state index in [0.717, 1.165) is 38.3 Å². The van der Waals surface area contributed by atoms with Crippen LogP contribution in [0.5, 0.6) is 5.75 Å². The molecular formula is C17H25NO2. The summed E-state index contributed by atoms with van der Waals surface area (Å²) in [5.41, 5.74) is 2.93. The van der Waals surface area contributed by atoms with Gasteiger partial charge in [-0.05, 0) is 49.1 Å². The number of ether oxygens (including phenoxy) is 2. The maximum absolute atomic E-state index is 6.10. The molecule has 1 atom stereocenters. The van der Waals surface area contributed by atoms with E-state index in [4.69, 9.17) is 9.47 Å². The first-order valence-corrected chi connectivity index (χ1v) is 7.97. The molecule has 0 aromatic heterocycles. The van der Waals surface area contributed by atoms with Gasteiger partial charge in [0, 0.05) is 18.9 Å². The van der Waals surface area contributed by atoms with Gasteiger partial charge >= 0.3 is 0 Å². The maximum Gasteiger partial charge on any atom is 0.120 e. The van der Waals surface area contributed by atoms with E-state index in [0.29, 0.717) is 12.1 Å². The van der Waals surface area contributed by atoms with Crippen LogP contribution in [0, 0.1) is 0 Å². The fourth-order valence-electron chi connectivity index (χ4n) is 3.18. The molecule has 0 radical (unpaired) electrons. The Labute approximate surface area is 121 Å². The highest BCUT2D eigenvalue weighted by Gasteiger charge is 2.23. The van der Waals surface area contributed by atoms with Gasteiger partial charge in [0.05, 0.1) is 13.2 Å². The van der Waals surface area contributed by atoms with Crippen LogP contribution >= 0.6 is 0 Å². The SMILES string of the molecule is CCCNC1CCc2cc(OC3CCOCC3)ccc21. The molecule has 20 heavy (non-hydrogen) atoms. The van der Waals surface area contributed by atoms with Crippen LogP contribution in [0.3, 0.4) is 0 Å². The largest absolute Gasteiger partial charge is 0.490 e. The van der Waals surface area contributed by atoms with E-state index >= 15 is 0 Å². The van der Waals surface area contributed by atoms with E-state index < -0.39 is 0 Å². The average Bonchev–Trinajstić information content (AvgIpc) is 2.88. The number of aryl methyl sites for hydroxylation is 1. The molecular weight excluding hydrogens is 250 g/mol. The maximum atomic E-state index is 6.10. The number of hydrogen-bond donors (Lipinski definition) is 1. The van der Waals surface area contributed by atoms with Gasteiger partial charge in [0.2, 0.25) is 0 Å². The van der Waals surface area contributed by atoms with Crippen LogP contribution in [0.15, 0.2) is 18.2 Å². The minimum atomic E-state index is 0.331. The molecule has 1 aromatic rings. The van der Waals surface area contributed by atoms with Crippen molar-refractivity contribution >= 4 is 0 Å². The van der Waals surface area contributed by atoms with Crippen molar-refractivity contribution in [3.63, 3.8) is 0 Å². The number of nitrogens with one attached hydrogen (secondary N) is 1. The molecule has 1 unspecified atom stereocenters. The lowest BCUT2D eigenvalue weighted by Crippen LogP contribution is -2.25. The molecule has 0 amide bonds. The Morgan fingerprint density at radius 3 is 2.90 bits per heavy atom. The predicted octanol–water partition coefficient (Wildman–Crippen LogP) is 3.23. The van der Waals surface area contributed by atoms with Crippen molar-refractivity contribution in [1.29, 1.82) is 0 Å². The first kappa shape index (κ1) is 13.9. The Kier molecular flexibility index (Phi) is 4.58. The van der Waals surface area contributed by atoms with E-state index in [1.807, 2.05) is 0 Å². The van der Waals surface area contributed by atoms with Crippen LogP contribution in [0.25, 0.3) is 0 Å². The van der Waals surface area contributed by atoms with Gasteiger partial charge in [-0.25, -0.2) is 0 Å². The zero-order valence-electron chi connectivity index (χ0n) is 12.4. The molecule has 3 rings (SSSR count). The standard InChI is InChI=1S/C17H25NO2/c1-2-9-18-17-6-3-13-12-15(4-5-16(13)17)20-14-7-10-19-11-8-14/h4-5,12,14,17-18H,2-3,6-11H2,1H3. The molecule has 1 aliphatic carbocycles. The van der Waals surface area contributed by atoms with Gasteiger partial charge in [0.15, 0.2) is 0 Å². The monoisotopic (exact) mass is 275 g/mol. The molecule has 3 nitrogen and oxygen atoms in total. The first-order chi connectivity index (χ1) is 9.86. The molecule has 0 spiro atoms. The Balaban J connectivity index is 1.64. The third kappa shape index (κ3) is 3.15. The summed E-state index contributed by atoms with van der Waals surface area (Å²) in [5.74, 6) is 1.03. The summed E-state index contributed by atoms with van der Waals surface area (Å²) in [6.07, 6.45) is 5.93. The third-order valence-corrected chi connectivity index (χ3v) is 4.30. The third-order valence-electron chi connectivity index (χ3n) is 4.30. The first-order valence-electron chi connectivity index (χ1n) is 7.97. The van der Waals surface area contributed by atoms with Gasteiger partial charge in [-0.3, -0.25) is 0 Å². The van der Waals surface area contributed by atoms with Crippen molar-refractivity contribution in [2.24, 2.45) is 0 Å². The summed E-state index contributed by atoms with van der Waals surface area (Å²) in [7, 11) is 0. The Hall–Kier alpha value is -1.06. The summed E-state index contributed by atoms with van der Waals surface area (Å²) in [6, 6.07) is 7.19. The lowest BCUT2D eigenvalue weighted by Gasteiger charge is -2.23. The van der Waals surface area contributed by atoms with Gasteiger partial charge in [-0.15, -0.1) is 0 Å². The molecule has 1 aliphatic heterocycles. The highest BCUT2D eigenvalue weighted by atomic mass is 16.5. The van der Waals surface area contributed by atoms with E-state index in [2.05, 4.69) is 30.4 Å². The minimum absolute atomic E-state index is 0.331. The molecule has 0 bridgehead atoms. The number of rotatable bonds is 5. The summed E-state index contributed by atoms with van der Waals surface area (Å²) in [5, 5.41) is 3.63. The predicted molar refractivity (Wildman–Crippen MR) is 80.3 cm³/mol. The zero-order chi connectivity index (χ0) is 13.8. The van der Waals surface area contributed by atoms with Crippen LogP contribution < -0.4 is 10.1 Å². The molecule has 1 aromatic carbocycles. The minimum Gasteiger partial charge on any atom is -0.490 e. The quantitative estimate of drug-likeness (QED) is 0.895. The molecule has 1 saturated heterocycles. The smallest absolute Gasteiger partial charge is 0.120 e. The van der Waals surface area contributed by atoms with Crippen molar-refractivity contribution in [2.75, 3.05) is 19.8 Å². The second kappa shape index (κ2) is 6.59. The van der Waals surface area contributed by atoms with Crippen molar-refractivity contribution in [1.82, 2.24) is 5.32 Å². The highest BCUT2D eigenvalue weighted by molar-refractivity contribution is 5.40. The fourth-order valence-corrected chi connectivity index (χ4v) is 3.18. The number of hydrogen-bond acceptors (Lipinski definition) is 3. The van der Waals surface area contributed by atoms with Crippen LogP contribution in [0.4, 0.5) is 0 Å². The van der Waals surface area contributed by atoms with Gasteiger partial charge in [-0.1, -0.05) is 13.0 Å². The van der Waals surface area contributed by atoms with Crippen LogP contribution in [-0.2, 0) is 11.2 Å². The van der Waals surface area contributed by atoms with Crippen molar-refractivity contribution in [3.05, 3.63) is 29.3 Å². The van der Waals surface area contributed by atoms with Crippen LogP contribution in [0.1, 0.15) is 49.8 Å². The topological polar surface area (TPSA) is 30.5 Å². The van der Waals surface area contributed by atoms with E-state index in [1.54, 1.807) is 0 Å². The molecule has 1 heterocycles. The van der Waals surface area contributed by atoms with Gasteiger partial charge < -0.3 is 14.8 Å². The fraction of sp³-hybridized carbons (Fsp3) is 0.647. The van der Waals surface area contributed by atoms with Gasteiger partial charge in [0.25, 0.3) is 0 Å². The van der Waals surface area contributed by atoms with E-state index in [-0.39, 0.29) is 0 Å². The normalized spacial score (nSPS) is 22.8. The molecule has 1 fully saturated rings. The number of benzene rings is 1. The average molecular weight is 275 g/mol. The van der Waals surface area contributed by atoms with Crippen molar-refractivity contribution in [2.45, 2.75) is 51.2 Å². The van der Waals surface area contributed by atoms with Crippen LogP contribution in [-0.4, -0.2) is 25.9 Å². The molecule has 2 aliphatic rings. The van der Waals surface area contributed by atoms with Gasteiger partial charge in [-0.2, -0.15) is 0 Å². The molecule has 3 heteroatoms. The van der Waals surface area contributed by atoms with E-state index in [1.165, 1.54) is 30.4 Å². The Morgan fingerprint density at radius 2 is 2.10 bits per heavy atom. The Bertz CT molecular complexity index is 441. The highest BCUT2D eigenvalue weighted by Crippen LogP contribution is 2.34. The van der Waals surface area contributed by atoms with Crippen LogP contribution in [0.2, 0.25) is 0 Å². The lowest BCUT2D eigenvalue weighted by atomic mass is 10.1. The molecule has 110 valence electrons. The summed E-state index contributed by atoms with van der Waals surface area (Å²) in [6.45, 7) is 4.98. The summed E-state index contributed by atoms with van der Waals surface area (Å²) >= 11 is 0. The second-order valence-electron chi connectivity index (χ2n) is 5.84. The van der Waals surface area contributed by atoms with Crippen molar-refractivity contribution < 1.29 is 9.47 Å². The lowest BCUT2D eigenvalue weighted by molar-refractivity contribution is 0.0255. The summed E-state index contributed by atoms with van der Waals surface area (Å²) in [4.78, 5) is 0. The Morgan fingerprint density at radius 1 is 1.25 bits per heavy atom. The second-order valence-corrected chi connectivity index (χ2v) is 5.84. The summed E-state index contributed by atoms with van der Waals surface area (Å²) < 4.78 is 11.5. The molecule has 0 saturated carbocycles.